The van der Waals surface area contributed by atoms with Gasteiger partial charge in [0.1, 0.15) is 12.7 Å². The Hall–Kier alpha value is -1.19. The Bertz CT molecular complexity index is 179. The van der Waals surface area contributed by atoms with E-state index in [1.807, 2.05) is 0 Å². The van der Waals surface area contributed by atoms with E-state index in [-0.39, 0.29) is 5.91 Å². The molecule has 1 aromatic heterocycles. The van der Waals surface area contributed by atoms with E-state index in [1.165, 1.54) is 24.1 Å². The highest BCUT2D eigenvalue weighted by Crippen LogP contribution is 1.78. The first-order valence-electron chi connectivity index (χ1n) is 2.16. The molecule has 0 fully saturated rings. The van der Waals surface area contributed by atoms with E-state index < -0.39 is 0 Å². The lowest BCUT2D eigenvalue weighted by Crippen LogP contribution is -2.00. The quantitative estimate of drug-likeness (QED) is 0.471. The van der Waals surface area contributed by atoms with Crippen LogP contribution in [-0.2, 0) is 0 Å². The smallest absolute Gasteiger partial charge is 0.229 e. The molecule has 0 spiro atoms. The van der Waals surface area contributed by atoms with E-state index in [1.54, 1.807) is 0 Å². The van der Waals surface area contributed by atoms with Gasteiger partial charge in [-0.3, -0.25) is 9.36 Å². The summed E-state index contributed by atoms with van der Waals surface area (Å²) >= 11 is 0. The first kappa shape index (κ1) is 4.96. The predicted molar refractivity (Wildman–Crippen MR) is 26.3 cm³/mol. The van der Waals surface area contributed by atoms with E-state index in [0.29, 0.717) is 0 Å². The fourth-order valence-corrected chi connectivity index (χ4v) is 0.363. The minimum Gasteiger partial charge on any atom is -0.274 e. The number of aromatic nitrogens is 3. The molecule has 4 nitrogen and oxygen atoms in total. The molecule has 42 valence electrons. The van der Waals surface area contributed by atoms with E-state index in [4.69, 9.17) is 0 Å². The number of hydrogen-bond donors (Lipinski definition) is 0. The van der Waals surface area contributed by atoms with Crippen LogP contribution in [0, 0.1) is 0 Å². The van der Waals surface area contributed by atoms with Crippen molar-refractivity contribution in [2.75, 3.05) is 0 Å². The maximum atomic E-state index is 10.4. The van der Waals surface area contributed by atoms with Gasteiger partial charge < -0.3 is 0 Å². The third kappa shape index (κ3) is 0.726. The van der Waals surface area contributed by atoms with Gasteiger partial charge in [-0.2, -0.15) is 0 Å². The second-order valence-electron chi connectivity index (χ2n) is 1.39. The van der Waals surface area contributed by atoms with Crippen LogP contribution in [-0.4, -0.2) is 20.7 Å². The van der Waals surface area contributed by atoms with Crippen LogP contribution in [0.1, 0.15) is 11.7 Å². The molecule has 8 heavy (non-hydrogen) atoms. The molecule has 0 N–H and O–H groups in total. The lowest BCUT2D eigenvalue weighted by molar-refractivity contribution is 0.0936. The van der Waals surface area contributed by atoms with Crippen molar-refractivity contribution in [3.8, 4) is 0 Å². The standard InChI is InChI=1S/C4H5N3O/c1-4(8)7-2-5-6-3-7/h2-3H,1H3. The van der Waals surface area contributed by atoms with Gasteiger partial charge in [0, 0.05) is 6.92 Å². The molecule has 1 aromatic rings. The topological polar surface area (TPSA) is 47.8 Å². The van der Waals surface area contributed by atoms with Gasteiger partial charge >= 0.3 is 0 Å². The second-order valence-corrected chi connectivity index (χ2v) is 1.39. The van der Waals surface area contributed by atoms with Crippen molar-refractivity contribution in [1.82, 2.24) is 14.8 Å². The second kappa shape index (κ2) is 1.73. The molecule has 1 rings (SSSR count). The zero-order valence-corrected chi connectivity index (χ0v) is 4.40. The number of hydrogen-bond acceptors (Lipinski definition) is 3. The van der Waals surface area contributed by atoms with Crippen molar-refractivity contribution in [3.63, 3.8) is 0 Å². The first-order valence-corrected chi connectivity index (χ1v) is 2.16. The molecule has 0 unspecified atom stereocenters. The Balaban J connectivity index is 2.93. The summed E-state index contributed by atoms with van der Waals surface area (Å²) in [6.07, 6.45) is 2.73. The molecular formula is C4H5N3O. The lowest BCUT2D eigenvalue weighted by Gasteiger charge is -1.85. The summed E-state index contributed by atoms with van der Waals surface area (Å²) in [7, 11) is 0. The van der Waals surface area contributed by atoms with E-state index in [9.17, 15) is 4.79 Å². The predicted octanol–water partition coefficient (Wildman–Crippen LogP) is -0.0618. The van der Waals surface area contributed by atoms with Gasteiger partial charge in [0.2, 0.25) is 5.91 Å². The normalized spacial score (nSPS) is 9.12. The molecule has 0 aliphatic carbocycles. The molecule has 0 aliphatic heterocycles. The van der Waals surface area contributed by atoms with Gasteiger partial charge in [-0.25, -0.2) is 0 Å². The molecule has 0 amide bonds. The van der Waals surface area contributed by atoms with Crippen LogP contribution >= 0.6 is 0 Å². The van der Waals surface area contributed by atoms with Gasteiger partial charge in [-0.05, 0) is 0 Å². The summed E-state index contributed by atoms with van der Waals surface area (Å²) < 4.78 is 1.31. The van der Waals surface area contributed by atoms with Crippen LogP contribution < -0.4 is 0 Å². The molecule has 0 bridgehead atoms. The average molecular weight is 111 g/mol. The Labute approximate surface area is 46.1 Å². The lowest BCUT2D eigenvalue weighted by atomic mass is 10.7. The van der Waals surface area contributed by atoms with Crippen LogP contribution in [0.3, 0.4) is 0 Å². The Kier molecular flexibility index (Phi) is 1.07. The Morgan fingerprint density at radius 3 is 2.25 bits per heavy atom. The van der Waals surface area contributed by atoms with Crippen molar-refractivity contribution in [2.45, 2.75) is 6.92 Å². The zero-order valence-electron chi connectivity index (χ0n) is 4.40. The van der Waals surface area contributed by atoms with Gasteiger partial charge in [-0.15, -0.1) is 10.2 Å². The first-order chi connectivity index (χ1) is 3.80. The molecule has 1 heterocycles. The third-order valence-corrected chi connectivity index (χ3v) is 0.782. The minimum atomic E-state index is -0.0741. The van der Waals surface area contributed by atoms with Crippen molar-refractivity contribution >= 4 is 5.91 Å². The van der Waals surface area contributed by atoms with Crippen LogP contribution in [0.2, 0.25) is 0 Å². The van der Waals surface area contributed by atoms with Gasteiger partial charge in [-0.1, -0.05) is 0 Å². The highest BCUT2D eigenvalue weighted by atomic mass is 16.1. The summed E-state index contributed by atoms with van der Waals surface area (Å²) in [5.74, 6) is -0.0741. The summed E-state index contributed by atoms with van der Waals surface area (Å²) in [6, 6.07) is 0. The third-order valence-electron chi connectivity index (χ3n) is 0.782. The molecule has 0 radical (unpaired) electrons. The number of nitrogens with zero attached hydrogens (tertiary/aromatic N) is 3. The summed E-state index contributed by atoms with van der Waals surface area (Å²) in [4.78, 5) is 10.4. The van der Waals surface area contributed by atoms with E-state index >= 15 is 0 Å². The van der Waals surface area contributed by atoms with Gasteiger partial charge in [0.25, 0.3) is 0 Å². The highest BCUT2D eigenvalue weighted by molar-refractivity contribution is 5.75. The van der Waals surface area contributed by atoms with Crippen molar-refractivity contribution in [1.29, 1.82) is 0 Å². The summed E-state index contributed by atoms with van der Waals surface area (Å²) in [5, 5.41) is 6.87. The maximum Gasteiger partial charge on any atom is 0.229 e. The fraction of sp³-hybridized carbons (Fsp3) is 0.250. The molecule has 0 saturated carbocycles. The maximum absolute atomic E-state index is 10.4. The van der Waals surface area contributed by atoms with Crippen LogP contribution in [0.5, 0.6) is 0 Å². The minimum absolute atomic E-state index is 0.0741. The average Bonchev–Trinajstić information content (AvgIpc) is 2.12. The monoisotopic (exact) mass is 111 g/mol. The summed E-state index contributed by atoms with van der Waals surface area (Å²) in [5.41, 5.74) is 0. The molecule has 0 aliphatic rings. The van der Waals surface area contributed by atoms with Crippen molar-refractivity contribution in [3.05, 3.63) is 12.7 Å². The summed E-state index contributed by atoms with van der Waals surface area (Å²) in [6.45, 7) is 1.45. The van der Waals surface area contributed by atoms with E-state index in [2.05, 4.69) is 10.2 Å². The van der Waals surface area contributed by atoms with Crippen LogP contribution in [0.4, 0.5) is 0 Å². The SMILES string of the molecule is CC(=O)n1cnnc1. The molecule has 0 aromatic carbocycles. The number of carbonyl (C=O) groups is 1. The van der Waals surface area contributed by atoms with Crippen LogP contribution in [0.15, 0.2) is 12.7 Å². The van der Waals surface area contributed by atoms with Crippen LogP contribution in [0.25, 0.3) is 0 Å². The largest absolute Gasteiger partial charge is 0.274 e. The van der Waals surface area contributed by atoms with Gasteiger partial charge in [0.15, 0.2) is 0 Å². The van der Waals surface area contributed by atoms with E-state index in [0.717, 1.165) is 0 Å². The Morgan fingerprint density at radius 2 is 2.00 bits per heavy atom. The molecule has 0 saturated heterocycles. The highest BCUT2D eigenvalue weighted by Gasteiger charge is 1.91. The molecule has 0 atom stereocenters. The van der Waals surface area contributed by atoms with Crippen molar-refractivity contribution in [2.24, 2.45) is 0 Å². The molecule has 4 heteroatoms. The van der Waals surface area contributed by atoms with Crippen molar-refractivity contribution < 1.29 is 4.79 Å². The number of carbonyl (C=O) groups excluding carboxylic acids is 1. The number of rotatable bonds is 0. The Morgan fingerprint density at radius 1 is 1.50 bits per heavy atom. The van der Waals surface area contributed by atoms with Gasteiger partial charge in [0.05, 0.1) is 0 Å². The molecular weight excluding hydrogens is 106 g/mol. The zero-order chi connectivity index (χ0) is 5.98. The fourth-order valence-electron chi connectivity index (χ4n) is 0.363.